The van der Waals surface area contributed by atoms with Gasteiger partial charge in [-0.15, -0.1) is 0 Å². The molecule has 0 fully saturated rings. The minimum absolute atomic E-state index is 0.616. The molecule has 0 N–H and O–H groups in total. The zero-order chi connectivity index (χ0) is 33.0. The Morgan fingerprint density at radius 2 is 0.760 bits per heavy atom. The Morgan fingerprint density at radius 3 is 1.38 bits per heavy atom. The van der Waals surface area contributed by atoms with Gasteiger partial charge in [0.1, 0.15) is 0 Å². The van der Waals surface area contributed by atoms with Gasteiger partial charge in [0.25, 0.3) is 0 Å². The zero-order valence-corrected chi connectivity index (χ0v) is 26.8. The van der Waals surface area contributed by atoms with Crippen molar-refractivity contribution in [3.63, 3.8) is 0 Å². The first-order valence-corrected chi connectivity index (χ1v) is 16.7. The lowest BCUT2D eigenvalue weighted by Gasteiger charge is -2.16. The van der Waals surface area contributed by atoms with Crippen molar-refractivity contribution in [1.29, 1.82) is 0 Å². The van der Waals surface area contributed by atoms with E-state index in [1.54, 1.807) is 0 Å². The van der Waals surface area contributed by atoms with Gasteiger partial charge in [0.15, 0.2) is 17.5 Å². The van der Waals surface area contributed by atoms with Crippen LogP contribution >= 0.6 is 0 Å². The first kappa shape index (κ1) is 28.2. The summed E-state index contributed by atoms with van der Waals surface area (Å²) in [4.78, 5) is 25.4. The fourth-order valence-corrected chi connectivity index (χ4v) is 7.16. The molecule has 0 radical (unpaired) electrons. The summed E-state index contributed by atoms with van der Waals surface area (Å²) in [6.07, 6.45) is 1.99. The molecule has 50 heavy (non-hydrogen) atoms. The van der Waals surface area contributed by atoms with Gasteiger partial charge in [-0.25, -0.2) is 19.9 Å². The highest BCUT2D eigenvalue weighted by Gasteiger charge is 2.20. The van der Waals surface area contributed by atoms with E-state index in [1.807, 2.05) is 66.9 Å². The highest BCUT2D eigenvalue weighted by molar-refractivity contribution is 6.32. The average molecular weight is 638 g/mol. The monoisotopic (exact) mass is 637 g/mol. The van der Waals surface area contributed by atoms with E-state index in [1.165, 1.54) is 10.8 Å². The molecule has 0 saturated heterocycles. The number of hydrogen-bond donors (Lipinski definition) is 0. The van der Waals surface area contributed by atoms with E-state index in [9.17, 15) is 0 Å². The lowest BCUT2D eigenvalue weighted by molar-refractivity contribution is 1.07. The van der Waals surface area contributed by atoms with Crippen LogP contribution < -0.4 is 0 Å². The van der Waals surface area contributed by atoms with Gasteiger partial charge >= 0.3 is 0 Å². The van der Waals surface area contributed by atoms with Crippen molar-refractivity contribution < 1.29 is 0 Å². The summed E-state index contributed by atoms with van der Waals surface area (Å²) in [5, 5.41) is 8.98. The predicted octanol–water partition coefficient (Wildman–Crippen LogP) is 11.1. The lowest BCUT2D eigenvalue weighted by Crippen LogP contribution is -2.00. The number of hydrogen-bond acceptors (Lipinski definition) is 5. The minimum Gasteiger partial charge on any atom is -0.255 e. The highest BCUT2D eigenvalue weighted by Crippen LogP contribution is 2.42. The van der Waals surface area contributed by atoms with Gasteiger partial charge in [-0.3, -0.25) is 4.98 Å². The van der Waals surface area contributed by atoms with Gasteiger partial charge in [-0.05, 0) is 21.5 Å². The van der Waals surface area contributed by atoms with Crippen LogP contribution in [0.3, 0.4) is 0 Å². The summed E-state index contributed by atoms with van der Waals surface area (Å²) in [6, 6.07) is 54.1. The molecule has 0 atom stereocenters. The molecule has 10 rings (SSSR count). The third-order valence-electron chi connectivity index (χ3n) is 9.52. The van der Waals surface area contributed by atoms with Crippen molar-refractivity contribution in [2.75, 3.05) is 0 Å². The zero-order valence-electron chi connectivity index (χ0n) is 26.8. The number of aromatic nitrogens is 5. The van der Waals surface area contributed by atoms with E-state index in [2.05, 4.69) is 97.1 Å². The first-order chi connectivity index (χ1) is 24.8. The molecule has 5 heteroatoms. The van der Waals surface area contributed by atoms with E-state index < -0.39 is 0 Å². The minimum atomic E-state index is 0.616. The van der Waals surface area contributed by atoms with Gasteiger partial charge in [-0.2, -0.15) is 0 Å². The predicted molar refractivity (Wildman–Crippen MR) is 205 cm³/mol. The molecule has 0 bridgehead atoms. The fraction of sp³-hybridized carbons (Fsp3) is 0. The van der Waals surface area contributed by atoms with Gasteiger partial charge in [0, 0.05) is 50.0 Å². The molecule has 3 heterocycles. The Labute approximate surface area is 287 Å². The number of benzene rings is 7. The van der Waals surface area contributed by atoms with Gasteiger partial charge < -0.3 is 0 Å². The van der Waals surface area contributed by atoms with Crippen LogP contribution in [0.25, 0.3) is 99.5 Å². The van der Waals surface area contributed by atoms with Crippen molar-refractivity contribution >= 4 is 54.1 Å². The molecule has 0 saturated carbocycles. The Balaban J connectivity index is 1.22. The summed E-state index contributed by atoms with van der Waals surface area (Å²) in [5.41, 5.74) is 6.58. The second kappa shape index (κ2) is 11.4. The van der Waals surface area contributed by atoms with Crippen LogP contribution in [0.1, 0.15) is 0 Å². The molecule has 0 aliphatic heterocycles. The molecule has 7 aromatic carbocycles. The average Bonchev–Trinajstić information content (AvgIpc) is 3.21. The van der Waals surface area contributed by atoms with Crippen LogP contribution in [-0.2, 0) is 0 Å². The smallest absolute Gasteiger partial charge is 0.164 e. The summed E-state index contributed by atoms with van der Waals surface area (Å²) in [7, 11) is 0. The van der Waals surface area contributed by atoms with Gasteiger partial charge in [-0.1, -0.05) is 158 Å². The Kier molecular flexibility index (Phi) is 6.42. The summed E-state index contributed by atoms with van der Waals surface area (Å²) in [6.45, 7) is 0. The number of nitrogens with zero attached hydrogens (tertiary/aromatic N) is 5. The van der Waals surface area contributed by atoms with Crippen molar-refractivity contribution in [2.45, 2.75) is 0 Å². The maximum Gasteiger partial charge on any atom is 0.164 e. The normalized spacial score (nSPS) is 11.6. The Morgan fingerprint density at radius 1 is 0.300 bits per heavy atom. The second-order valence-corrected chi connectivity index (χ2v) is 12.5. The molecule has 232 valence electrons. The molecule has 5 nitrogen and oxygen atoms in total. The fourth-order valence-electron chi connectivity index (χ4n) is 7.16. The van der Waals surface area contributed by atoms with Gasteiger partial charge in [0.05, 0.1) is 16.7 Å². The second-order valence-electron chi connectivity index (χ2n) is 12.5. The first-order valence-electron chi connectivity index (χ1n) is 16.7. The summed E-state index contributed by atoms with van der Waals surface area (Å²) < 4.78 is 0. The number of pyridine rings is 2. The molecule has 0 unspecified atom stereocenters. The van der Waals surface area contributed by atoms with Crippen molar-refractivity contribution in [3.05, 3.63) is 164 Å². The number of fused-ring (bicyclic) bond motifs is 10. The molecule has 10 aromatic rings. The van der Waals surface area contributed by atoms with Crippen LogP contribution in [0.2, 0.25) is 0 Å². The van der Waals surface area contributed by atoms with Crippen molar-refractivity contribution in [3.8, 4) is 45.4 Å². The van der Waals surface area contributed by atoms with Crippen molar-refractivity contribution in [2.24, 2.45) is 0 Å². The molecular formula is C45H27N5. The molecule has 0 aliphatic carbocycles. The largest absolute Gasteiger partial charge is 0.255 e. The third kappa shape index (κ3) is 4.52. The third-order valence-corrected chi connectivity index (χ3v) is 9.52. The standard InChI is InChI=1S/C45H27N5/c1-3-13-29(14-4-1)43-48-44(30-15-5-2-6-16-30)50-45(49-43)31-25-23-28(24-26-31)40-38-33-18-8-7-17-32(33)27-46-42(38)39-36-21-11-9-19-34(36)35-20-10-12-22-37(35)41(39)47-40/h1-27H. The summed E-state index contributed by atoms with van der Waals surface area (Å²) >= 11 is 0. The summed E-state index contributed by atoms with van der Waals surface area (Å²) in [5.74, 6) is 1.89. The highest BCUT2D eigenvalue weighted by atomic mass is 15.0. The maximum atomic E-state index is 5.53. The van der Waals surface area contributed by atoms with Crippen LogP contribution in [0, 0.1) is 0 Å². The molecule has 3 aromatic heterocycles. The topological polar surface area (TPSA) is 64.5 Å². The van der Waals surface area contributed by atoms with Crippen molar-refractivity contribution in [1.82, 2.24) is 24.9 Å². The molecular weight excluding hydrogens is 611 g/mol. The van der Waals surface area contributed by atoms with E-state index >= 15 is 0 Å². The van der Waals surface area contributed by atoms with Crippen LogP contribution in [0.5, 0.6) is 0 Å². The Hall–Kier alpha value is -6.85. The SMILES string of the molecule is c1ccc(-c2nc(-c3ccccc3)nc(-c3ccc(-c4nc5c6ccccc6c6ccccc6c5c5ncc6ccccc6c45)cc3)n2)cc1. The molecule has 0 aliphatic rings. The quantitative estimate of drug-likeness (QED) is 0.180. The van der Waals surface area contributed by atoms with Crippen LogP contribution in [-0.4, -0.2) is 24.9 Å². The van der Waals surface area contributed by atoms with Gasteiger partial charge in [0.2, 0.25) is 0 Å². The van der Waals surface area contributed by atoms with E-state index in [-0.39, 0.29) is 0 Å². The Bertz CT molecular complexity index is 2850. The molecule has 0 spiro atoms. The van der Waals surface area contributed by atoms with E-state index in [0.717, 1.165) is 71.3 Å². The van der Waals surface area contributed by atoms with E-state index in [4.69, 9.17) is 24.9 Å². The van der Waals surface area contributed by atoms with E-state index in [0.29, 0.717) is 17.5 Å². The maximum absolute atomic E-state index is 5.53. The van der Waals surface area contributed by atoms with Crippen LogP contribution in [0.15, 0.2) is 164 Å². The number of rotatable bonds is 4. The lowest BCUT2D eigenvalue weighted by atomic mass is 9.92. The molecule has 0 amide bonds. The van der Waals surface area contributed by atoms with Crippen LogP contribution in [0.4, 0.5) is 0 Å².